The van der Waals surface area contributed by atoms with Gasteiger partial charge in [-0.2, -0.15) is 18.3 Å². The SMILES string of the molecule is CC(C)n1ncc(C(=O)NCC2CCN(c3ccccc3)C2)c1C(F)(F)F. The molecule has 27 heavy (non-hydrogen) atoms. The third kappa shape index (κ3) is 4.26. The topological polar surface area (TPSA) is 50.2 Å². The fourth-order valence-corrected chi connectivity index (χ4v) is 3.41. The molecule has 1 aromatic heterocycles. The van der Waals surface area contributed by atoms with Gasteiger partial charge in [-0.3, -0.25) is 9.48 Å². The highest BCUT2D eigenvalue weighted by molar-refractivity contribution is 5.95. The second-order valence-corrected chi connectivity index (χ2v) is 7.09. The first-order chi connectivity index (χ1) is 12.8. The third-order valence-corrected chi connectivity index (χ3v) is 4.76. The molecule has 0 bridgehead atoms. The molecule has 0 spiro atoms. The minimum Gasteiger partial charge on any atom is -0.371 e. The molecule has 0 saturated carbocycles. The van der Waals surface area contributed by atoms with Crippen LogP contribution in [0.4, 0.5) is 18.9 Å². The second-order valence-electron chi connectivity index (χ2n) is 7.09. The molecule has 2 aromatic rings. The number of hydrogen-bond acceptors (Lipinski definition) is 3. The zero-order chi connectivity index (χ0) is 19.6. The van der Waals surface area contributed by atoms with Crippen molar-refractivity contribution >= 4 is 11.6 Å². The number of aromatic nitrogens is 2. The standard InChI is InChI=1S/C19H23F3N4O/c1-13(2)26-17(19(20,21)22)16(11-24-26)18(27)23-10-14-8-9-25(12-14)15-6-4-3-5-7-15/h3-7,11,13-14H,8-10,12H2,1-2H3,(H,23,27). The van der Waals surface area contributed by atoms with Crippen molar-refractivity contribution in [2.75, 3.05) is 24.5 Å². The van der Waals surface area contributed by atoms with Crippen LogP contribution in [0.3, 0.4) is 0 Å². The summed E-state index contributed by atoms with van der Waals surface area (Å²) in [5.74, 6) is -0.531. The van der Waals surface area contributed by atoms with Gasteiger partial charge in [-0.15, -0.1) is 0 Å². The van der Waals surface area contributed by atoms with E-state index in [9.17, 15) is 18.0 Å². The van der Waals surface area contributed by atoms with Crippen LogP contribution >= 0.6 is 0 Å². The first-order valence-electron chi connectivity index (χ1n) is 9.00. The average molecular weight is 380 g/mol. The van der Waals surface area contributed by atoms with Crippen molar-refractivity contribution in [2.24, 2.45) is 5.92 Å². The zero-order valence-electron chi connectivity index (χ0n) is 15.3. The van der Waals surface area contributed by atoms with E-state index in [1.807, 2.05) is 30.3 Å². The van der Waals surface area contributed by atoms with Crippen LogP contribution in [-0.2, 0) is 6.18 Å². The number of hydrogen-bond donors (Lipinski definition) is 1. The number of halogens is 3. The first-order valence-corrected chi connectivity index (χ1v) is 9.00. The number of anilines is 1. The van der Waals surface area contributed by atoms with E-state index in [2.05, 4.69) is 15.3 Å². The lowest BCUT2D eigenvalue weighted by Crippen LogP contribution is -2.32. The maximum absolute atomic E-state index is 13.4. The van der Waals surface area contributed by atoms with Gasteiger partial charge in [0.1, 0.15) is 0 Å². The van der Waals surface area contributed by atoms with Crippen LogP contribution in [0.25, 0.3) is 0 Å². The highest BCUT2D eigenvalue weighted by atomic mass is 19.4. The fourth-order valence-electron chi connectivity index (χ4n) is 3.41. The number of para-hydroxylation sites is 1. The van der Waals surface area contributed by atoms with E-state index in [1.54, 1.807) is 13.8 Å². The minimum atomic E-state index is -4.63. The molecule has 1 amide bonds. The lowest BCUT2D eigenvalue weighted by atomic mass is 10.1. The van der Waals surface area contributed by atoms with Gasteiger partial charge in [-0.05, 0) is 38.3 Å². The van der Waals surface area contributed by atoms with Crippen LogP contribution in [0.5, 0.6) is 0 Å². The van der Waals surface area contributed by atoms with Crippen LogP contribution in [0.15, 0.2) is 36.5 Å². The molecule has 1 aliphatic heterocycles. The summed E-state index contributed by atoms with van der Waals surface area (Å²) in [5.41, 5.74) is -0.301. The summed E-state index contributed by atoms with van der Waals surface area (Å²) in [4.78, 5) is 14.6. The van der Waals surface area contributed by atoms with Crippen LogP contribution in [0.1, 0.15) is 42.4 Å². The van der Waals surface area contributed by atoms with Gasteiger partial charge in [0.15, 0.2) is 5.69 Å². The Morgan fingerprint density at radius 3 is 2.63 bits per heavy atom. The van der Waals surface area contributed by atoms with Crippen molar-refractivity contribution in [1.29, 1.82) is 0 Å². The molecule has 5 nitrogen and oxygen atoms in total. The predicted octanol–water partition coefficient (Wildman–Crippen LogP) is 3.74. The Bertz CT molecular complexity index is 786. The number of carbonyl (C=O) groups excluding carboxylic acids is 1. The van der Waals surface area contributed by atoms with Gasteiger partial charge in [0, 0.05) is 31.4 Å². The van der Waals surface area contributed by atoms with E-state index in [0.29, 0.717) is 6.54 Å². The Balaban J connectivity index is 1.64. The summed E-state index contributed by atoms with van der Waals surface area (Å²) < 4.78 is 41.0. The summed E-state index contributed by atoms with van der Waals surface area (Å²) >= 11 is 0. The largest absolute Gasteiger partial charge is 0.433 e. The van der Waals surface area contributed by atoms with Crippen LogP contribution < -0.4 is 10.2 Å². The van der Waals surface area contributed by atoms with E-state index in [4.69, 9.17) is 0 Å². The van der Waals surface area contributed by atoms with E-state index in [0.717, 1.165) is 36.1 Å². The van der Waals surface area contributed by atoms with Crippen LogP contribution in [-0.4, -0.2) is 35.3 Å². The van der Waals surface area contributed by atoms with Gasteiger partial charge >= 0.3 is 6.18 Å². The molecule has 1 N–H and O–H groups in total. The van der Waals surface area contributed by atoms with E-state index >= 15 is 0 Å². The Hall–Kier alpha value is -2.51. The number of benzene rings is 1. The van der Waals surface area contributed by atoms with Gasteiger partial charge in [-0.1, -0.05) is 18.2 Å². The molecule has 0 aliphatic carbocycles. The number of alkyl halides is 3. The lowest BCUT2D eigenvalue weighted by Gasteiger charge is -2.19. The minimum absolute atomic E-state index is 0.198. The second kappa shape index (κ2) is 7.62. The Morgan fingerprint density at radius 1 is 1.30 bits per heavy atom. The van der Waals surface area contributed by atoms with Crippen molar-refractivity contribution in [1.82, 2.24) is 15.1 Å². The average Bonchev–Trinajstić information content (AvgIpc) is 3.27. The molecular formula is C19H23F3N4O. The van der Waals surface area contributed by atoms with Crippen LogP contribution in [0.2, 0.25) is 0 Å². The predicted molar refractivity (Wildman–Crippen MR) is 96.7 cm³/mol. The van der Waals surface area contributed by atoms with Crippen molar-refractivity contribution in [2.45, 2.75) is 32.5 Å². The third-order valence-electron chi connectivity index (χ3n) is 4.76. The maximum Gasteiger partial charge on any atom is 0.433 e. The normalized spacial score (nSPS) is 17.6. The molecule has 146 valence electrons. The number of carbonyl (C=O) groups is 1. The monoisotopic (exact) mass is 380 g/mol. The molecule has 3 rings (SSSR count). The van der Waals surface area contributed by atoms with Gasteiger partial charge in [0.05, 0.1) is 11.8 Å². The number of amides is 1. The maximum atomic E-state index is 13.4. The molecule has 2 heterocycles. The van der Waals surface area contributed by atoms with Gasteiger partial charge < -0.3 is 10.2 Å². The number of nitrogens with zero attached hydrogens (tertiary/aromatic N) is 3. The molecule has 1 aromatic carbocycles. The highest BCUT2D eigenvalue weighted by Gasteiger charge is 2.40. The van der Waals surface area contributed by atoms with Gasteiger partial charge in [0.25, 0.3) is 5.91 Å². The summed E-state index contributed by atoms with van der Waals surface area (Å²) in [7, 11) is 0. The van der Waals surface area contributed by atoms with E-state index < -0.39 is 29.4 Å². The first kappa shape index (κ1) is 19.3. The number of nitrogens with one attached hydrogen (secondary N) is 1. The molecule has 1 atom stereocenters. The lowest BCUT2D eigenvalue weighted by molar-refractivity contribution is -0.145. The Kier molecular flexibility index (Phi) is 5.43. The Morgan fingerprint density at radius 2 is 2.00 bits per heavy atom. The zero-order valence-corrected chi connectivity index (χ0v) is 15.3. The number of rotatable bonds is 5. The van der Waals surface area contributed by atoms with Crippen LogP contribution in [0, 0.1) is 5.92 Å². The molecule has 1 unspecified atom stereocenters. The fraction of sp³-hybridized carbons (Fsp3) is 0.474. The van der Waals surface area contributed by atoms with Crippen molar-refractivity contribution < 1.29 is 18.0 Å². The molecule has 1 fully saturated rings. The summed E-state index contributed by atoms with van der Waals surface area (Å²) in [6, 6.07) is 9.45. The summed E-state index contributed by atoms with van der Waals surface area (Å²) in [6.07, 6.45) is -2.75. The molecule has 1 saturated heterocycles. The Labute approximate surface area is 156 Å². The quantitative estimate of drug-likeness (QED) is 0.860. The van der Waals surface area contributed by atoms with E-state index in [1.165, 1.54) is 0 Å². The molecule has 1 aliphatic rings. The van der Waals surface area contributed by atoms with Crippen molar-refractivity contribution in [3.63, 3.8) is 0 Å². The summed E-state index contributed by atoms with van der Waals surface area (Å²) in [5, 5.41) is 6.42. The summed E-state index contributed by atoms with van der Waals surface area (Å²) in [6.45, 7) is 5.17. The molecule has 8 heteroatoms. The van der Waals surface area contributed by atoms with Gasteiger partial charge in [0.2, 0.25) is 0 Å². The van der Waals surface area contributed by atoms with E-state index in [-0.39, 0.29) is 5.92 Å². The van der Waals surface area contributed by atoms with Crippen molar-refractivity contribution in [3.8, 4) is 0 Å². The molecule has 0 radical (unpaired) electrons. The smallest absolute Gasteiger partial charge is 0.371 e. The van der Waals surface area contributed by atoms with Gasteiger partial charge in [-0.25, -0.2) is 0 Å². The van der Waals surface area contributed by atoms with Crippen molar-refractivity contribution in [3.05, 3.63) is 47.8 Å². The molecular weight excluding hydrogens is 357 g/mol. The highest BCUT2D eigenvalue weighted by Crippen LogP contribution is 2.33.